The first kappa shape index (κ1) is 16.2. The Morgan fingerprint density at radius 2 is 2.05 bits per heavy atom. The third-order valence-electron chi connectivity index (χ3n) is 5.86. The average molecular weight is 328 g/mol. The van der Waals surface area contributed by atoms with Crippen molar-refractivity contribution in [1.29, 1.82) is 0 Å². The van der Waals surface area contributed by atoms with E-state index in [-0.39, 0.29) is 18.9 Å². The molecular weight excluding hydrogens is 300 g/mol. The second kappa shape index (κ2) is 6.48. The zero-order valence-corrected chi connectivity index (χ0v) is 14.3. The molecule has 0 aromatic rings. The van der Waals surface area contributed by atoms with Crippen LogP contribution < -0.4 is 4.72 Å². The van der Waals surface area contributed by atoms with Gasteiger partial charge >= 0.3 is 0 Å². The molecule has 126 valence electrons. The number of nitrogens with zero attached hydrogens (tertiary/aromatic N) is 1. The number of fused-ring (bicyclic) bond motifs is 2. The molecule has 1 heterocycles. The highest BCUT2D eigenvalue weighted by atomic mass is 32.2. The number of hydrogen-bond acceptors (Lipinski definition) is 3. The van der Waals surface area contributed by atoms with Crippen molar-refractivity contribution in [3.63, 3.8) is 0 Å². The number of hydrogen-bond donors (Lipinski definition) is 1. The Morgan fingerprint density at radius 1 is 1.23 bits per heavy atom. The van der Waals surface area contributed by atoms with Gasteiger partial charge in [0.05, 0.1) is 6.26 Å². The van der Waals surface area contributed by atoms with Gasteiger partial charge in [-0.2, -0.15) is 0 Å². The fourth-order valence-electron chi connectivity index (χ4n) is 4.91. The van der Waals surface area contributed by atoms with Gasteiger partial charge in [0.1, 0.15) is 0 Å². The number of carbonyl (C=O) groups is 1. The van der Waals surface area contributed by atoms with Crippen molar-refractivity contribution in [1.82, 2.24) is 9.62 Å². The van der Waals surface area contributed by atoms with Crippen LogP contribution in [0, 0.1) is 17.8 Å². The van der Waals surface area contributed by atoms with E-state index >= 15 is 0 Å². The molecule has 1 N–H and O–H groups in total. The van der Waals surface area contributed by atoms with Gasteiger partial charge in [-0.25, -0.2) is 13.1 Å². The summed E-state index contributed by atoms with van der Waals surface area (Å²) in [6, 6.07) is 0.398. The molecule has 1 aliphatic heterocycles. The van der Waals surface area contributed by atoms with Crippen LogP contribution in [0.4, 0.5) is 0 Å². The van der Waals surface area contributed by atoms with Crippen molar-refractivity contribution in [2.45, 2.75) is 57.4 Å². The third kappa shape index (κ3) is 3.82. The van der Waals surface area contributed by atoms with Crippen LogP contribution in [0.15, 0.2) is 0 Å². The van der Waals surface area contributed by atoms with Crippen LogP contribution >= 0.6 is 0 Å². The number of likely N-dealkylation sites (tertiary alicyclic amines) is 1. The first-order valence-electron chi connectivity index (χ1n) is 8.66. The normalized spacial score (nSPS) is 34.5. The number of nitrogens with one attached hydrogen (secondary N) is 1. The van der Waals surface area contributed by atoms with Gasteiger partial charge in [-0.3, -0.25) is 4.79 Å². The Balaban J connectivity index is 1.48. The summed E-state index contributed by atoms with van der Waals surface area (Å²) < 4.78 is 24.5. The summed E-state index contributed by atoms with van der Waals surface area (Å²) in [6.45, 7) is 1.07. The average Bonchev–Trinajstić information content (AvgIpc) is 3.12. The van der Waals surface area contributed by atoms with Gasteiger partial charge in [0.25, 0.3) is 0 Å². The predicted molar refractivity (Wildman–Crippen MR) is 85.8 cm³/mol. The zero-order chi connectivity index (χ0) is 15.7. The van der Waals surface area contributed by atoms with Crippen LogP contribution in [-0.4, -0.2) is 44.6 Å². The van der Waals surface area contributed by atoms with Gasteiger partial charge in [-0.05, 0) is 56.3 Å². The lowest BCUT2D eigenvalue weighted by Gasteiger charge is -2.30. The molecular formula is C16H28N2O3S. The fraction of sp³-hybridized carbons (Fsp3) is 0.938. The van der Waals surface area contributed by atoms with Crippen molar-refractivity contribution in [3.8, 4) is 0 Å². The molecule has 0 radical (unpaired) electrons. The Kier molecular flexibility index (Phi) is 4.78. The van der Waals surface area contributed by atoms with Crippen LogP contribution in [-0.2, 0) is 14.8 Å². The van der Waals surface area contributed by atoms with E-state index in [0.29, 0.717) is 6.04 Å². The van der Waals surface area contributed by atoms with Crippen molar-refractivity contribution in [3.05, 3.63) is 0 Å². The summed E-state index contributed by atoms with van der Waals surface area (Å²) in [7, 11) is -3.20. The van der Waals surface area contributed by atoms with Crippen molar-refractivity contribution < 1.29 is 13.2 Å². The zero-order valence-electron chi connectivity index (χ0n) is 13.5. The monoisotopic (exact) mass is 328 g/mol. The summed E-state index contributed by atoms with van der Waals surface area (Å²) in [6.07, 6.45) is 10.4. The Bertz CT molecular complexity index is 519. The molecule has 0 spiro atoms. The van der Waals surface area contributed by atoms with Gasteiger partial charge < -0.3 is 4.90 Å². The predicted octanol–water partition coefficient (Wildman–Crippen LogP) is 1.74. The lowest BCUT2D eigenvalue weighted by Crippen LogP contribution is -2.39. The van der Waals surface area contributed by atoms with E-state index in [4.69, 9.17) is 0 Å². The van der Waals surface area contributed by atoms with Gasteiger partial charge in [0.15, 0.2) is 0 Å². The Hall–Kier alpha value is -0.620. The molecule has 0 unspecified atom stereocenters. The van der Waals surface area contributed by atoms with E-state index in [9.17, 15) is 13.2 Å². The Labute approximate surface area is 133 Å². The van der Waals surface area contributed by atoms with Crippen molar-refractivity contribution in [2.24, 2.45) is 17.8 Å². The van der Waals surface area contributed by atoms with E-state index in [0.717, 1.165) is 43.4 Å². The second-order valence-electron chi connectivity index (χ2n) is 7.47. The number of sulfonamides is 1. The maximum atomic E-state index is 12.4. The molecule has 5 nitrogen and oxygen atoms in total. The minimum Gasteiger partial charge on any atom is -0.340 e. The molecule has 3 aliphatic rings. The molecule has 3 rings (SSSR count). The minimum absolute atomic E-state index is 0.113. The van der Waals surface area contributed by atoms with E-state index in [1.54, 1.807) is 0 Å². The molecule has 3 fully saturated rings. The molecule has 4 atom stereocenters. The fourth-order valence-corrected chi connectivity index (χ4v) is 5.38. The van der Waals surface area contributed by atoms with Crippen LogP contribution in [0.25, 0.3) is 0 Å². The molecule has 2 saturated carbocycles. The second-order valence-corrected chi connectivity index (χ2v) is 9.30. The van der Waals surface area contributed by atoms with Gasteiger partial charge in [-0.1, -0.05) is 6.42 Å². The van der Waals surface area contributed by atoms with Crippen LogP contribution in [0.2, 0.25) is 0 Å². The van der Waals surface area contributed by atoms with E-state index in [1.807, 2.05) is 4.90 Å². The third-order valence-corrected chi connectivity index (χ3v) is 6.59. The minimum atomic E-state index is -3.20. The highest BCUT2D eigenvalue weighted by Gasteiger charge is 2.41. The topological polar surface area (TPSA) is 66.5 Å². The van der Waals surface area contributed by atoms with Crippen LogP contribution in [0.1, 0.15) is 51.4 Å². The molecule has 0 aromatic heterocycles. The standard InChI is InChI=1S/C16H28N2O3S/c1-22(20,21)17-7-6-16(19)18-8-2-3-15(18)11-14-10-12-4-5-13(14)9-12/h12-15,17H,2-11H2,1H3/t12-,13-,14-,15-/m0/s1. The highest BCUT2D eigenvalue weighted by molar-refractivity contribution is 7.88. The van der Waals surface area contributed by atoms with E-state index in [2.05, 4.69) is 4.72 Å². The number of carbonyl (C=O) groups excluding carboxylic acids is 1. The lowest BCUT2D eigenvalue weighted by molar-refractivity contribution is -0.132. The number of amides is 1. The molecule has 2 bridgehead atoms. The summed E-state index contributed by atoms with van der Waals surface area (Å²) in [5.74, 6) is 2.81. The summed E-state index contributed by atoms with van der Waals surface area (Å²) >= 11 is 0. The first-order chi connectivity index (χ1) is 10.4. The molecule has 6 heteroatoms. The van der Waals surface area contributed by atoms with Gasteiger partial charge in [-0.15, -0.1) is 0 Å². The molecule has 0 aromatic carbocycles. The maximum absolute atomic E-state index is 12.4. The van der Waals surface area contributed by atoms with Crippen LogP contribution in [0.3, 0.4) is 0 Å². The lowest BCUT2D eigenvalue weighted by atomic mass is 9.83. The number of rotatable bonds is 6. The molecule has 22 heavy (non-hydrogen) atoms. The summed E-state index contributed by atoms with van der Waals surface area (Å²) in [4.78, 5) is 14.4. The highest BCUT2D eigenvalue weighted by Crippen LogP contribution is 2.50. The van der Waals surface area contributed by atoms with Gasteiger partial charge in [0, 0.05) is 25.6 Å². The van der Waals surface area contributed by atoms with Gasteiger partial charge in [0.2, 0.25) is 15.9 Å². The quantitative estimate of drug-likeness (QED) is 0.808. The van der Waals surface area contributed by atoms with E-state index < -0.39 is 10.0 Å². The largest absolute Gasteiger partial charge is 0.340 e. The molecule has 1 amide bonds. The van der Waals surface area contributed by atoms with E-state index in [1.165, 1.54) is 32.1 Å². The maximum Gasteiger partial charge on any atom is 0.224 e. The first-order valence-corrected chi connectivity index (χ1v) is 10.6. The summed E-state index contributed by atoms with van der Waals surface area (Å²) in [5, 5.41) is 0. The SMILES string of the molecule is CS(=O)(=O)NCCC(=O)N1CCC[C@H]1C[C@@H]1C[C@H]2CC[C@H]1C2. The molecule has 1 saturated heterocycles. The Morgan fingerprint density at radius 3 is 2.68 bits per heavy atom. The van der Waals surface area contributed by atoms with Crippen LogP contribution in [0.5, 0.6) is 0 Å². The summed E-state index contributed by atoms with van der Waals surface area (Å²) in [5.41, 5.74) is 0. The van der Waals surface area contributed by atoms with Crippen molar-refractivity contribution >= 4 is 15.9 Å². The smallest absolute Gasteiger partial charge is 0.224 e. The molecule has 2 aliphatic carbocycles. The van der Waals surface area contributed by atoms with Crippen molar-refractivity contribution in [2.75, 3.05) is 19.3 Å².